The van der Waals surface area contributed by atoms with Gasteiger partial charge in [0.15, 0.2) is 0 Å². The van der Waals surface area contributed by atoms with Gasteiger partial charge < -0.3 is 9.52 Å². The molecule has 0 amide bonds. The second kappa shape index (κ2) is 5.57. The molecule has 6 heteroatoms. The predicted octanol–water partition coefficient (Wildman–Crippen LogP) is 3.31. The van der Waals surface area contributed by atoms with Crippen LogP contribution >= 0.6 is 0 Å². The number of aryl methyl sites for hydroxylation is 1. The molecule has 0 fully saturated rings. The van der Waals surface area contributed by atoms with Crippen LogP contribution in [0.1, 0.15) is 16.7 Å². The number of nitro groups is 1. The summed E-state index contributed by atoms with van der Waals surface area (Å²) in [7, 11) is 0. The van der Waals surface area contributed by atoms with Crippen molar-refractivity contribution in [3.63, 3.8) is 0 Å². The van der Waals surface area contributed by atoms with Crippen LogP contribution in [0.3, 0.4) is 0 Å². The number of hydrogen-bond acceptors (Lipinski definition) is 5. The fraction of sp³-hybridized carbons (Fsp3) is 0.118. The summed E-state index contributed by atoms with van der Waals surface area (Å²) in [5.41, 5.74) is 1.64. The lowest BCUT2D eigenvalue weighted by molar-refractivity contribution is -0.384. The maximum Gasteiger partial charge on any atom is 0.340 e. The van der Waals surface area contributed by atoms with Crippen LogP contribution in [0.25, 0.3) is 11.0 Å². The third kappa shape index (κ3) is 2.78. The van der Waals surface area contributed by atoms with Gasteiger partial charge in [-0.05, 0) is 30.2 Å². The molecule has 1 heterocycles. The van der Waals surface area contributed by atoms with E-state index in [0.29, 0.717) is 16.7 Å². The highest BCUT2D eigenvalue weighted by Gasteiger charge is 2.14. The SMILES string of the molecule is Cc1c(Cc2cccc([N+](=O)[O-])c2)c(=O)oc2cc(O)ccc12. The second-order valence-corrected chi connectivity index (χ2v) is 5.28. The summed E-state index contributed by atoms with van der Waals surface area (Å²) in [6, 6.07) is 10.8. The van der Waals surface area contributed by atoms with Crippen LogP contribution < -0.4 is 5.63 Å². The maximum absolute atomic E-state index is 12.2. The third-order valence-corrected chi connectivity index (χ3v) is 3.77. The minimum absolute atomic E-state index is 0.0183. The van der Waals surface area contributed by atoms with Crippen molar-refractivity contribution < 1.29 is 14.4 Å². The first kappa shape index (κ1) is 14.8. The fourth-order valence-corrected chi connectivity index (χ4v) is 2.57. The highest BCUT2D eigenvalue weighted by Crippen LogP contribution is 2.25. The summed E-state index contributed by atoms with van der Waals surface area (Å²) >= 11 is 0. The van der Waals surface area contributed by atoms with E-state index < -0.39 is 10.5 Å². The van der Waals surface area contributed by atoms with Gasteiger partial charge in [0, 0.05) is 35.6 Å². The fourth-order valence-electron chi connectivity index (χ4n) is 2.57. The normalized spacial score (nSPS) is 10.8. The molecular formula is C17H13NO5. The molecule has 3 aromatic rings. The molecule has 0 saturated carbocycles. The molecule has 6 nitrogen and oxygen atoms in total. The summed E-state index contributed by atoms with van der Waals surface area (Å²) < 4.78 is 5.25. The molecule has 0 aliphatic carbocycles. The van der Waals surface area contributed by atoms with Crippen molar-refractivity contribution in [3.05, 3.63) is 79.7 Å². The maximum atomic E-state index is 12.2. The molecule has 1 N–H and O–H groups in total. The monoisotopic (exact) mass is 311 g/mol. The van der Waals surface area contributed by atoms with E-state index in [2.05, 4.69) is 0 Å². The Balaban J connectivity index is 2.10. The Kier molecular flexibility index (Phi) is 3.57. The zero-order valence-corrected chi connectivity index (χ0v) is 12.3. The molecule has 0 bridgehead atoms. The van der Waals surface area contributed by atoms with Gasteiger partial charge in [0.25, 0.3) is 5.69 Å². The van der Waals surface area contributed by atoms with Crippen molar-refractivity contribution in [2.75, 3.05) is 0 Å². The molecule has 0 unspecified atom stereocenters. The molecule has 0 saturated heterocycles. The van der Waals surface area contributed by atoms with Gasteiger partial charge in [-0.3, -0.25) is 10.1 Å². The lowest BCUT2D eigenvalue weighted by Gasteiger charge is -2.08. The van der Waals surface area contributed by atoms with Gasteiger partial charge in [-0.2, -0.15) is 0 Å². The van der Waals surface area contributed by atoms with Gasteiger partial charge >= 0.3 is 5.63 Å². The molecule has 0 spiro atoms. The highest BCUT2D eigenvalue weighted by molar-refractivity contribution is 5.82. The van der Waals surface area contributed by atoms with Crippen molar-refractivity contribution >= 4 is 16.7 Å². The third-order valence-electron chi connectivity index (χ3n) is 3.77. The number of aromatic hydroxyl groups is 1. The van der Waals surface area contributed by atoms with E-state index in [-0.39, 0.29) is 17.9 Å². The summed E-state index contributed by atoms with van der Waals surface area (Å²) in [4.78, 5) is 22.6. The van der Waals surface area contributed by atoms with Crippen molar-refractivity contribution in [3.8, 4) is 5.75 Å². The lowest BCUT2D eigenvalue weighted by Crippen LogP contribution is -2.11. The van der Waals surface area contributed by atoms with Crippen LogP contribution in [-0.2, 0) is 6.42 Å². The topological polar surface area (TPSA) is 93.6 Å². The van der Waals surface area contributed by atoms with E-state index in [4.69, 9.17) is 4.42 Å². The molecule has 0 aliphatic heterocycles. The first-order chi connectivity index (χ1) is 11.0. The summed E-state index contributed by atoms with van der Waals surface area (Å²) in [5, 5.41) is 21.0. The molecule has 1 aromatic heterocycles. The number of non-ortho nitro benzene ring substituents is 1. The number of rotatable bonds is 3. The van der Waals surface area contributed by atoms with Crippen molar-refractivity contribution in [1.29, 1.82) is 0 Å². The number of phenolic OH excluding ortho intramolecular Hbond substituents is 1. The second-order valence-electron chi connectivity index (χ2n) is 5.28. The van der Waals surface area contributed by atoms with E-state index in [1.165, 1.54) is 24.3 Å². The quantitative estimate of drug-likeness (QED) is 0.455. The zero-order valence-electron chi connectivity index (χ0n) is 12.3. The number of benzene rings is 2. The van der Waals surface area contributed by atoms with Crippen LogP contribution in [0.4, 0.5) is 5.69 Å². The molecule has 0 atom stereocenters. The number of nitrogens with zero attached hydrogens (tertiary/aromatic N) is 1. The van der Waals surface area contributed by atoms with Crippen LogP contribution in [0.2, 0.25) is 0 Å². The van der Waals surface area contributed by atoms with Gasteiger partial charge in [-0.15, -0.1) is 0 Å². The Morgan fingerprint density at radius 2 is 2.00 bits per heavy atom. The van der Waals surface area contributed by atoms with Gasteiger partial charge in [0.05, 0.1) is 4.92 Å². The predicted molar refractivity (Wildman–Crippen MR) is 84.8 cm³/mol. The number of nitro benzene ring substituents is 1. The first-order valence-corrected chi connectivity index (χ1v) is 6.94. The molecule has 23 heavy (non-hydrogen) atoms. The Hall–Kier alpha value is -3.15. The van der Waals surface area contributed by atoms with Gasteiger partial charge in [0.2, 0.25) is 0 Å². The van der Waals surface area contributed by atoms with E-state index >= 15 is 0 Å². The lowest BCUT2D eigenvalue weighted by atomic mass is 9.99. The van der Waals surface area contributed by atoms with Crippen LogP contribution in [-0.4, -0.2) is 10.0 Å². The molecule has 116 valence electrons. The Morgan fingerprint density at radius 1 is 1.22 bits per heavy atom. The van der Waals surface area contributed by atoms with Gasteiger partial charge in [0.1, 0.15) is 11.3 Å². The van der Waals surface area contributed by atoms with Gasteiger partial charge in [-0.1, -0.05) is 12.1 Å². The van der Waals surface area contributed by atoms with Crippen LogP contribution in [0.15, 0.2) is 51.7 Å². The standard InChI is InChI=1S/C17H13NO5/c1-10-14-6-5-13(19)9-16(14)23-17(20)15(10)8-11-3-2-4-12(7-11)18(21)22/h2-7,9,19H,8H2,1H3. The van der Waals surface area contributed by atoms with Crippen molar-refractivity contribution in [1.82, 2.24) is 0 Å². The molecular weight excluding hydrogens is 298 g/mol. The summed E-state index contributed by atoms with van der Waals surface area (Å²) in [5.74, 6) is 0.0199. The van der Waals surface area contributed by atoms with Gasteiger partial charge in [-0.25, -0.2) is 4.79 Å². The number of phenols is 1. The van der Waals surface area contributed by atoms with Crippen LogP contribution in [0.5, 0.6) is 5.75 Å². The summed E-state index contributed by atoms with van der Waals surface area (Å²) in [6.45, 7) is 1.79. The van der Waals surface area contributed by atoms with E-state index in [0.717, 1.165) is 10.9 Å². The largest absolute Gasteiger partial charge is 0.508 e. The van der Waals surface area contributed by atoms with E-state index in [1.54, 1.807) is 25.1 Å². The van der Waals surface area contributed by atoms with Crippen LogP contribution in [0, 0.1) is 17.0 Å². The number of fused-ring (bicyclic) bond motifs is 1. The smallest absolute Gasteiger partial charge is 0.340 e. The Morgan fingerprint density at radius 3 is 2.74 bits per heavy atom. The molecule has 0 aliphatic rings. The Bertz CT molecular complexity index is 974. The molecule has 0 radical (unpaired) electrons. The molecule has 3 rings (SSSR count). The molecule has 2 aromatic carbocycles. The van der Waals surface area contributed by atoms with E-state index in [9.17, 15) is 20.0 Å². The zero-order chi connectivity index (χ0) is 16.6. The van der Waals surface area contributed by atoms with Crippen molar-refractivity contribution in [2.45, 2.75) is 13.3 Å². The van der Waals surface area contributed by atoms with E-state index in [1.807, 2.05) is 0 Å². The number of hydrogen-bond donors (Lipinski definition) is 1. The average Bonchev–Trinajstić information content (AvgIpc) is 2.51. The summed E-state index contributed by atoms with van der Waals surface area (Å²) in [6.07, 6.45) is 0.243. The highest BCUT2D eigenvalue weighted by atomic mass is 16.6. The first-order valence-electron chi connectivity index (χ1n) is 6.94. The average molecular weight is 311 g/mol. The van der Waals surface area contributed by atoms with Crippen molar-refractivity contribution in [2.24, 2.45) is 0 Å². The Labute approximate surface area is 130 Å². The minimum Gasteiger partial charge on any atom is -0.508 e. The minimum atomic E-state index is -0.507.